The molecule has 0 spiro atoms. The first-order valence-corrected chi connectivity index (χ1v) is 6.90. The van der Waals surface area contributed by atoms with Crippen LogP contribution in [0.5, 0.6) is 0 Å². The molecule has 1 aliphatic heterocycles. The summed E-state index contributed by atoms with van der Waals surface area (Å²) in [7, 11) is 0. The molecule has 114 valence electrons. The Balaban J connectivity index is 1.90. The Labute approximate surface area is 119 Å². The van der Waals surface area contributed by atoms with E-state index in [1.54, 1.807) is 0 Å². The smallest absolute Gasteiger partial charge is 0.248 e. The fourth-order valence-corrected chi connectivity index (χ4v) is 1.71. The van der Waals surface area contributed by atoms with Crippen molar-refractivity contribution >= 4 is 17.5 Å². The number of hydrazone groups is 1. The molecule has 20 heavy (non-hydrogen) atoms. The number of carbonyl (C=O) groups excluding carboxylic acids is 2. The van der Waals surface area contributed by atoms with Crippen LogP contribution in [0.3, 0.4) is 0 Å². The van der Waals surface area contributed by atoms with Gasteiger partial charge in [-0.25, -0.2) is 5.01 Å². The molecular formula is C13H23N3O4. The van der Waals surface area contributed by atoms with Crippen molar-refractivity contribution in [3.63, 3.8) is 0 Å². The summed E-state index contributed by atoms with van der Waals surface area (Å²) < 4.78 is 10.6. The van der Waals surface area contributed by atoms with Crippen molar-refractivity contribution in [2.45, 2.75) is 26.7 Å². The van der Waals surface area contributed by atoms with Gasteiger partial charge in [0.15, 0.2) is 0 Å². The molecule has 0 radical (unpaired) electrons. The number of nitrogens with zero attached hydrogens (tertiary/aromatic N) is 2. The maximum atomic E-state index is 11.4. The molecule has 7 nitrogen and oxygen atoms in total. The largest absolute Gasteiger partial charge is 0.379 e. The van der Waals surface area contributed by atoms with Gasteiger partial charge in [0.25, 0.3) is 0 Å². The van der Waals surface area contributed by atoms with Crippen LogP contribution in [-0.2, 0) is 19.1 Å². The van der Waals surface area contributed by atoms with Crippen LogP contribution in [0.25, 0.3) is 0 Å². The van der Waals surface area contributed by atoms with Crippen molar-refractivity contribution in [2.75, 3.05) is 39.5 Å². The minimum atomic E-state index is -0.00537. The molecule has 0 fully saturated rings. The first-order chi connectivity index (χ1) is 9.63. The molecule has 0 aromatic rings. The van der Waals surface area contributed by atoms with Crippen LogP contribution in [0.4, 0.5) is 0 Å². The van der Waals surface area contributed by atoms with E-state index in [0.717, 1.165) is 5.71 Å². The van der Waals surface area contributed by atoms with Crippen LogP contribution in [0, 0.1) is 0 Å². The highest BCUT2D eigenvalue weighted by Crippen LogP contribution is 2.06. The van der Waals surface area contributed by atoms with Gasteiger partial charge >= 0.3 is 0 Å². The predicted molar refractivity (Wildman–Crippen MR) is 74.4 cm³/mol. The van der Waals surface area contributed by atoms with E-state index in [0.29, 0.717) is 52.4 Å². The minimum Gasteiger partial charge on any atom is -0.379 e. The molecule has 0 unspecified atom stereocenters. The van der Waals surface area contributed by atoms with Crippen molar-refractivity contribution in [1.29, 1.82) is 0 Å². The number of amides is 2. The Morgan fingerprint density at radius 3 is 2.60 bits per heavy atom. The zero-order valence-corrected chi connectivity index (χ0v) is 12.2. The summed E-state index contributed by atoms with van der Waals surface area (Å²) in [6.45, 7) is 6.53. The molecule has 1 N–H and O–H groups in total. The lowest BCUT2D eigenvalue weighted by Crippen LogP contribution is -2.26. The normalized spacial score (nSPS) is 14.6. The second-order valence-corrected chi connectivity index (χ2v) is 4.46. The molecule has 0 bridgehead atoms. The van der Waals surface area contributed by atoms with Crippen molar-refractivity contribution in [3.05, 3.63) is 0 Å². The Bertz CT molecular complexity index is 358. The standard InChI is InChI=1S/C13H23N3O4/c1-3-14-12(17)4-6-19-8-9-20-7-5-16-13(18)10-11(2)15-16/h3-10H2,1-2H3,(H,14,17). The lowest BCUT2D eigenvalue weighted by atomic mass is 10.3. The highest BCUT2D eigenvalue weighted by molar-refractivity contribution is 6.03. The van der Waals surface area contributed by atoms with Crippen LogP contribution in [-0.4, -0.2) is 62.1 Å². The van der Waals surface area contributed by atoms with Crippen molar-refractivity contribution in [1.82, 2.24) is 10.3 Å². The maximum Gasteiger partial charge on any atom is 0.248 e. The summed E-state index contributed by atoms with van der Waals surface area (Å²) in [5.74, 6) is 0.0125. The number of rotatable bonds is 10. The van der Waals surface area contributed by atoms with Crippen LogP contribution in [0.1, 0.15) is 26.7 Å². The molecule has 1 rings (SSSR count). The molecule has 1 heterocycles. The van der Waals surface area contributed by atoms with Crippen molar-refractivity contribution in [3.8, 4) is 0 Å². The summed E-state index contributed by atoms with van der Waals surface area (Å²) in [4.78, 5) is 22.5. The van der Waals surface area contributed by atoms with E-state index in [1.165, 1.54) is 5.01 Å². The molecule has 7 heteroatoms. The molecule has 0 saturated heterocycles. The summed E-state index contributed by atoms with van der Waals surface area (Å²) in [6, 6.07) is 0. The van der Waals surface area contributed by atoms with Gasteiger partial charge in [0.1, 0.15) is 0 Å². The second kappa shape index (κ2) is 9.44. The first-order valence-electron chi connectivity index (χ1n) is 6.90. The minimum absolute atomic E-state index is 0.00537. The Morgan fingerprint density at radius 1 is 1.30 bits per heavy atom. The van der Waals surface area contributed by atoms with E-state index in [-0.39, 0.29) is 11.8 Å². The van der Waals surface area contributed by atoms with Crippen LogP contribution in [0.2, 0.25) is 0 Å². The number of ether oxygens (including phenoxy) is 2. The molecule has 0 atom stereocenters. The monoisotopic (exact) mass is 285 g/mol. The SMILES string of the molecule is CCNC(=O)CCOCCOCCN1N=C(C)CC1=O. The molecule has 2 amide bonds. The van der Waals surface area contributed by atoms with E-state index in [1.807, 2.05) is 13.8 Å². The third kappa shape index (κ3) is 6.63. The van der Waals surface area contributed by atoms with Gasteiger partial charge in [-0.2, -0.15) is 5.10 Å². The molecule has 0 aromatic heterocycles. The fourth-order valence-electron chi connectivity index (χ4n) is 1.71. The van der Waals surface area contributed by atoms with Gasteiger partial charge in [-0.15, -0.1) is 0 Å². The molecular weight excluding hydrogens is 262 g/mol. The Hall–Kier alpha value is -1.47. The number of nitrogens with one attached hydrogen (secondary N) is 1. The molecule has 0 aromatic carbocycles. The van der Waals surface area contributed by atoms with Crippen molar-refractivity contribution < 1.29 is 19.1 Å². The number of hydrogen-bond donors (Lipinski definition) is 1. The fraction of sp³-hybridized carbons (Fsp3) is 0.769. The summed E-state index contributed by atoms with van der Waals surface area (Å²) in [6.07, 6.45) is 0.771. The van der Waals surface area contributed by atoms with Crippen LogP contribution >= 0.6 is 0 Å². The van der Waals surface area contributed by atoms with Crippen LogP contribution < -0.4 is 5.32 Å². The van der Waals surface area contributed by atoms with E-state index >= 15 is 0 Å². The average Bonchev–Trinajstić information content (AvgIpc) is 2.71. The van der Waals surface area contributed by atoms with Gasteiger partial charge in [-0.3, -0.25) is 9.59 Å². The number of hydrogen-bond acceptors (Lipinski definition) is 5. The number of carbonyl (C=O) groups is 2. The predicted octanol–water partition coefficient (Wildman–Crippen LogP) is 0.154. The highest BCUT2D eigenvalue weighted by atomic mass is 16.5. The lowest BCUT2D eigenvalue weighted by Gasteiger charge is -2.11. The van der Waals surface area contributed by atoms with Gasteiger partial charge < -0.3 is 14.8 Å². The highest BCUT2D eigenvalue weighted by Gasteiger charge is 2.20. The van der Waals surface area contributed by atoms with E-state index in [2.05, 4.69) is 10.4 Å². The van der Waals surface area contributed by atoms with E-state index < -0.39 is 0 Å². The van der Waals surface area contributed by atoms with Crippen molar-refractivity contribution in [2.24, 2.45) is 5.10 Å². The Kier molecular flexibility index (Phi) is 7.82. The first kappa shape index (κ1) is 16.6. The van der Waals surface area contributed by atoms with Gasteiger partial charge in [-0.1, -0.05) is 0 Å². The second-order valence-electron chi connectivity index (χ2n) is 4.46. The molecule has 1 aliphatic rings. The summed E-state index contributed by atoms with van der Waals surface area (Å²) in [5.41, 5.74) is 0.837. The zero-order valence-electron chi connectivity index (χ0n) is 12.2. The average molecular weight is 285 g/mol. The summed E-state index contributed by atoms with van der Waals surface area (Å²) in [5, 5.41) is 8.23. The topological polar surface area (TPSA) is 80.2 Å². The van der Waals surface area contributed by atoms with Crippen LogP contribution in [0.15, 0.2) is 5.10 Å². The third-order valence-corrected chi connectivity index (χ3v) is 2.65. The van der Waals surface area contributed by atoms with E-state index in [9.17, 15) is 9.59 Å². The van der Waals surface area contributed by atoms with E-state index in [4.69, 9.17) is 9.47 Å². The maximum absolute atomic E-state index is 11.4. The lowest BCUT2D eigenvalue weighted by molar-refractivity contribution is -0.129. The van der Waals surface area contributed by atoms with Gasteiger partial charge in [-0.05, 0) is 13.8 Å². The van der Waals surface area contributed by atoms with Gasteiger partial charge in [0, 0.05) is 18.7 Å². The molecule has 0 aliphatic carbocycles. The molecule has 0 saturated carbocycles. The Morgan fingerprint density at radius 2 is 2.00 bits per heavy atom. The third-order valence-electron chi connectivity index (χ3n) is 2.65. The van der Waals surface area contributed by atoms with Gasteiger partial charge in [0.2, 0.25) is 11.8 Å². The zero-order chi connectivity index (χ0) is 14.8. The van der Waals surface area contributed by atoms with Gasteiger partial charge in [0.05, 0.1) is 39.4 Å². The summed E-state index contributed by atoms with van der Waals surface area (Å²) >= 11 is 0. The quantitative estimate of drug-likeness (QED) is 0.580.